The van der Waals surface area contributed by atoms with Gasteiger partial charge in [0.1, 0.15) is 0 Å². The molecular formula is C9H9FO3S. The Labute approximate surface area is 81.8 Å². The minimum atomic E-state index is -4.66. The molecule has 0 fully saturated rings. The number of carbonyl (C=O) groups excluding carboxylic acids is 1. The first-order chi connectivity index (χ1) is 6.45. The molecule has 14 heavy (non-hydrogen) atoms. The van der Waals surface area contributed by atoms with E-state index in [0.29, 0.717) is 12.0 Å². The second kappa shape index (κ2) is 3.88. The summed E-state index contributed by atoms with van der Waals surface area (Å²) >= 11 is 0. The van der Waals surface area contributed by atoms with Crippen LogP contribution in [0.15, 0.2) is 29.2 Å². The lowest BCUT2D eigenvalue weighted by atomic mass is 10.1. The summed E-state index contributed by atoms with van der Waals surface area (Å²) in [6.07, 6.45) is 0.335. The first kappa shape index (κ1) is 10.8. The summed E-state index contributed by atoms with van der Waals surface area (Å²) in [7, 11) is -4.66. The minimum Gasteiger partial charge on any atom is -0.294 e. The van der Waals surface area contributed by atoms with Crippen molar-refractivity contribution >= 4 is 16.0 Å². The molecular weight excluding hydrogens is 207 g/mol. The van der Waals surface area contributed by atoms with Gasteiger partial charge in [0.15, 0.2) is 5.78 Å². The van der Waals surface area contributed by atoms with Gasteiger partial charge in [0.25, 0.3) is 0 Å². The Morgan fingerprint density at radius 3 is 2.14 bits per heavy atom. The van der Waals surface area contributed by atoms with Crippen molar-refractivity contribution in [3.05, 3.63) is 29.8 Å². The van der Waals surface area contributed by atoms with Crippen LogP contribution in [0.1, 0.15) is 23.7 Å². The molecule has 0 atom stereocenters. The van der Waals surface area contributed by atoms with Crippen LogP contribution >= 0.6 is 0 Å². The average molecular weight is 216 g/mol. The van der Waals surface area contributed by atoms with Crippen molar-refractivity contribution in [3.63, 3.8) is 0 Å². The Hall–Kier alpha value is -1.23. The fourth-order valence-corrected chi connectivity index (χ4v) is 1.47. The van der Waals surface area contributed by atoms with Gasteiger partial charge in [-0.25, -0.2) is 0 Å². The van der Waals surface area contributed by atoms with Gasteiger partial charge in [0.2, 0.25) is 0 Å². The van der Waals surface area contributed by atoms with Crippen LogP contribution in [0.25, 0.3) is 0 Å². The Bertz CT molecular complexity index is 434. The Kier molecular flexibility index (Phi) is 3.00. The number of Topliss-reactive ketones (excluding diaryl/α,β-unsaturated/α-hetero) is 1. The van der Waals surface area contributed by atoms with Gasteiger partial charge in [-0.3, -0.25) is 4.79 Å². The highest BCUT2D eigenvalue weighted by Gasteiger charge is 2.12. The summed E-state index contributed by atoms with van der Waals surface area (Å²) in [6, 6.07) is 4.77. The predicted octanol–water partition coefficient (Wildman–Crippen LogP) is 1.94. The molecule has 0 aliphatic heterocycles. The highest BCUT2D eigenvalue weighted by atomic mass is 32.3. The number of hydrogen-bond acceptors (Lipinski definition) is 3. The third-order valence-electron chi connectivity index (χ3n) is 1.78. The molecule has 1 aromatic carbocycles. The molecule has 5 heteroatoms. The molecule has 0 saturated heterocycles. The van der Waals surface area contributed by atoms with Crippen LogP contribution in [0, 0.1) is 0 Å². The van der Waals surface area contributed by atoms with Crippen molar-refractivity contribution in [3.8, 4) is 0 Å². The van der Waals surface area contributed by atoms with E-state index in [2.05, 4.69) is 0 Å². The number of ketones is 1. The molecule has 0 spiro atoms. The SMILES string of the molecule is CCC(=O)c1ccc(S(=O)(=O)F)cc1. The Morgan fingerprint density at radius 2 is 1.79 bits per heavy atom. The molecule has 1 rings (SSSR count). The largest absolute Gasteiger partial charge is 0.332 e. The Balaban J connectivity index is 3.07. The van der Waals surface area contributed by atoms with Crippen molar-refractivity contribution in [1.29, 1.82) is 0 Å². The minimum absolute atomic E-state index is 0.104. The summed E-state index contributed by atoms with van der Waals surface area (Å²) in [6.45, 7) is 1.70. The number of carbonyl (C=O) groups is 1. The molecule has 0 N–H and O–H groups in total. The Morgan fingerprint density at radius 1 is 1.29 bits per heavy atom. The van der Waals surface area contributed by atoms with Crippen LogP contribution in [-0.2, 0) is 10.2 Å². The zero-order valence-corrected chi connectivity index (χ0v) is 8.34. The summed E-state index contributed by atoms with van der Waals surface area (Å²) < 4.78 is 33.3. The van der Waals surface area contributed by atoms with Gasteiger partial charge < -0.3 is 0 Å². The van der Waals surface area contributed by atoms with Gasteiger partial charge in [-0.05, 0) is 12.1 Å². The maximum Gasteiger partial charge on any atom is 0.332 e. The van der Waals surface area contributed by atoms with E-state index in [1.54, 1.807) is 6.92 Å². The maximum absolute atomic E-state index is 12.4. The first-order valence-corrected chi connectivity index (χ1v) is 5.41. The molecule has 0 aliphatic rings. The van der Waals surface area contributed by atoms with E-state index in [0.717, 1.165) is 12.1 Å². The molecule has 0 saturated carbocycles. The number of rotatable bonds is 3. The van der Waals surface area contributed by atoms with Gasteiger partial charge in [0, 0.05) is 12.0 Å². The van der Waals surface area contributed by atoms with Crippen molar-refractivity contribution in [2.75, 3.05) is 0 Å². The zero-order valence-electron chi connectivity index (χ0n) is 7.53. The second-order valence-electron chi connectivity index (χ2n) is 2.74. The van der Waals surface area contributed by atoms with E-state index >= 15 is 0 Å². The van der Waals surface area contributed by atoms with Crippen LogP contribution < -0.4 is 0 Å². The topological polar surface area (TPSA) is 51.2 Å². The van der Waals surface area contributed by atoms with E-state index in [4.69, 9.17) is 0 Å². The summed E-state index contributed by atoms with van der Waals surface area (Å²) in [5, 5.41) is 0. The monoisotopic (exact) mass is 216 g/mol. The lowest BCUT2D eigenvalue weighted by Crippen LogP contribution is -1.97. The lowest BCUT2D eigenvalue weighted by molar-refractivity contribution is 0.0988. The van der Waals surface area contributed by atoms with E-state index < -0.39 is 15.1 Å². The summed E-state index contributed by atoms with van der Waals surface area (Å²) in [5.74, 6) is -0.104. The van der Waals surface area contributed by atoms with E-state index in [1.807, 2.05) is 0 Å². The van der Waals surface area contributed by atoms with E-state index in [-0.39, 0.29) is 5.78 Å². The molecule has 0 aliphatic carbocycles. The van der Waals surface area contributed by atoms with Crippen molar-refractivity contribution < 1.29 is 17.1 Å². The van der Waals surface area contributed by atoms with Crippen LogP contribution in [0.2, 0.25) is 0 Å². The van der Waals surface area contributed by atoms with Gasteiger partial charge in [-0.2, -0.15) is 8.42 Å². The summed E-state index contributed by atoms with van der Waals surface area (Å²) in [5.41, 5.74) is 0.389. The smallest absolute Gasteiger partial charge is 0.294 e. The fraction of sp³-hybridized carbons (Fsp3) is 0.222. The molecule has 0 heterocycles. The zero-order chi connectivity index (χ0) is 10.8. The molecule has 0 aromatic heterocycles. The molecule has 0 amide bonds. The number of hydrogen-bond donors (Lipinski definition) is 0. The molecule has 0 bridgehead atoms. The normalized spacial score (nSPS) is 11.3. The summed E-state index contributed by atoms with van der Waals surface area (Å²) in [4.78, 5) is 10.7. The van der Waals surface area contributed by atoms with Crippen molar-refractivity contribution in [2.24, 2.45) is 0 Å². The van der Waals surface area contributed by atoms with Crippen LogP contribution in [0.5, 0.6) is 0 Å². The van der Waals surface area contributed by atoms with E-state index in [1.165, 1.54) is 12.1 Å². The average Bonchev–Trinajstić information content (AvgIpc) is 2.15. The molecule has 1 aromatic rings. The lowest BCUT2D eigenvalue weighted by Gasteiger charge is -1.98. The molecule has 0 radical (unpaired) electrons. The number of halogens is 1. The van der Waals surface area contributed by atoms with Gasteiger partial charge in [-0.1, -0.05) is 19.1 Å². The molecule has 3 nitrogen and oxygen atoms in total. The first-order valence-electron chi connectivity index (χ1n) is 4.03. The molecule has 76 valence electrons. The third-order valence-corrected chi connectivity index (χ3v) is 2.61. The number of benzene rings is 1. The standard InChI is InChI=1S/C9H9FO3S/c1-2-9(11)7-3-5-8(6-4-7)14(10,12)13/h3-6H,2H2,1H3. The fourth-order valence-electron chi connectivity index (χ4n) is 1.01. The van der Waals surface area contributed by atoms with Crippen LogP contribution in [-0.4, -0.2) is 14.2 Å². The van der Waals surface area contributed by atoms with Crippen LogP contribution in [0.3, 0.4) is 0 Å². The van der Waals surface area contributed by atoms with Gasteiger partial charge in [0.05, 0.1) is 4.90 Å². The van der Waals surface area contributed by atoms with Crippen molar-refractivity contribution in [2.45, 2.75) is 18.2 Å². The third kappa shape index (κ3) is 2.38. The molecule has 0 unspecified atom stereocenters. The van der Waals surface area contributed by atoms with Gasteiger partial charge in [-0.15, -0.1) is 3.89 Å². The maximum atomic E-state index is 12.4. The van der Waals surface area contributed by atoms with Crippen molar-refractivity contribution in [1.82, 2.24) is 0 Å². The van der Waals surface area contributed by atoms with Gasteiger partial charge >= 0.3 is 10.2 Å². The second-order valence-corrected chi connectivity index (χ2v) is 4.09. The predicted molar refractivity (Wildman–Crippen MR) is 49.4 cm³/mol. The quantitative estimate of drug-likeness (QED) is 0.573. The highest BCUT2D eigenvalue weighted by molar-refractivity contribution is 7.86. The van der Waals surface area contributed by atoms with Crippen LogP contribution in [0.4, 0.5) is 3.89 Å². The highest BCUT2D eigenvalue weighted by Crippen LogP contribution is 2.13. The van der Waals surface area contributed by atoms with E-state index in [9.17, 15) is 17.1 Å².